The van der Waals surface area contributed by atoms with Gasteiger partial charge in [-0.25, -0.2) is 0 Å². The molecule has 1 aliphatic rings. The van der Waals surface area contributed by atoms with E-state index in [9.17, 15) is 9.59 Å². The molecule has 2 N–H and O–H groups in total. The third kappa shape index (κ3) is 5.62. The van der Waals surface area contributed by atoms with Crippen molar-refractivity contribution in [1.82, 2.24) is 5.32 Å². The number of benzene rings is 2. The number of nitrogens with zero attached hydrogens (tertiary/aromatic N) is 1. The Hall–Kier alpha value is -2.82. The molecule has 0 aromatic heterocycles. The smallest absolute Gasteiger partial charge is 0.251 e. The van der Waals surface area contributed by atoms with Crippen LogP contribution in [0, 0.1) is 0 Å². The summed E-state index contributed by atoms with van der Waals surface area (Å²) < 4.78 is 0. The lowest BCUT2D eigenvalue weighted by molar-refractivity contribution is -0.117. The number of rotatable bonds is 5. The highest BCUT2D eigenvalue weighted by atomic mass is 16.2. The summed E-state index contributed by atoms with van der Waals surface area (Å²) in [6, 6.07) is 14.8. The van der Waals surface area contributed by atoms with Gasteiger partial charge in [-0.05, 0) is 67.5 Å². The van der Waals surface area contributed by atoms with Gasteiger partial charge >= 0.3 is 0 Å². The van der Waals surface area contributed by atoms with Crippen molar-refractivity contribution in [1.29, 1.82) is 0 Å². The Morgan fingerprint density at radius 1 is 0.967 bits per heavy atom. The standard InChI is InChI=1S/C25H33N3O2/c1-18(26-24(30)19-11-13-20(14-12-19)25(2,3)4)23(29)27-21-9-8-10-22(17-21)28-15-6-5-7-16-28/h8-14,17-18H,5-7,15-16H2,1-4H3,(H,26,30)(H,27,29). The lowest BCUT2D eigenvalue weighted by Gasteiger charge is -2.29. The second-order valence-corrected chi connectivity index (χ2v) is 9.11. The zero-order valence-electron chi connectivity index (χ0n) is 18.5. The van der Waals surface area contributed by atoms with Crippen LogP contribution >= 0.6 is 0 Å². The van der Waals surface area contributed by atoms with Crippen LogP contribution in [0.5, 0.6) is 0 Å². The Bertz CT molecular complexity index is 878. The maximum absolute atomic E-state index is 12.6. The van der Waals surface area contributed by atoms with Crippen molar-refractivity contribution < 1.29 is 9.59 Å². The van der Waals surface area contributed by atoms with Crippen LogP contribution in [-0.2, 0) is 10.2 Å². The second kappa shape index (κ2) is 9.33. The number of nitrogens with one attached hydrogen (secondary N) is 2. The van der Waals surface area contributed by atoms with Crippen LogP contribution in [0.1, 0.15) is 62.9 Å². The van der Waals surface area contributed by atoms with Crippen LogP contribution in [0.4, 0.5) is 11.4 Å². The van der Waals surface area contributed by atoms with Gasteiger partial charge in [0.1, 0.15) is 6.04 Å². The second-order valence-electron chi connectivity index (χ2n) is 9.11. The molecule has 0 saturated carbocycles. The van der Waals surface area contributed by atoms with E-state index in [0.717, 1.165) is 24.5 Å². The summed E-state index contributed by atoms with van der Waals surface area (Å²) in [5.74, 6) is -0.481. The first-order chi connectivity index (χ1) is 14.2. The Morgan fingerprint density at radius 3 is 2.27 bits per heavy atom. The van der Waals surface area contributed by atoms with Crippen molar-refractivity contribution in [2.75, 3.05) is 23.3 Å². The molecular weight excluding hydrogens is 374 g/mol. The average molecular weight is 408 g/mol. The van der Waals surface area contributed by atoms with Crippen molar-refractivity contribution in [2.45, 2.75) is 58.4 Å². The van der Waals surface area contributed by atoms with Crippen molar-refractivity contribution in [2.24, 2.45) is 0 Å². The molecule has 1 fully saturated rings. The minimum Gasteiger partial charge on any atom is -0.371 e. The number of hydrogen-bond acceptors (Lipinski definition) is 3. The normalized spacial score (nSPS) is 15.4. The van der Waals surface area contributed by atoms with Gasteiger partial charge in [-0.2, -0.15) is 0 Å². The molecule has 3 rings (SSSR count). The van der Waals surface area contributed by atoms with Gasteiger partial charge in [0.15, 0.2) is 0 Å². The fourth-order valence-corrected chi connectivity index (χ4v) is 3.65. The summed E-state index contributed by atoms with van der Waals surface area (Å²) in [4.78, 5) is 27.5. The highest BCUT2D eigenvalue weighted by Gasteiger charge is 2.19. The third-order valence-electron chi connectivity index (χ3n) is 5.59. The van der Waals surface area contributed by atoms with E-state index in [1.165, 1.54) is 24.8 Å². The van der Waals surface area contributed by atoms with Crippen molar-refractivity contribution in [3.8, 4) is 0 Å². The van der Waals surface area contributed by atoms with Gasteiger partial charge in [-0.15, -0.1) is 0 Å². The van der Waals surface area contributed by atoms with E-state index in [1.807, 2.05) is 42.5 Å². The van der Waals surface area contributed by atoms with Crippen LogP contribution in [0.3, 0.4) is 0 Å². The molecule has 0 spiro atoms. The van der Waals surface area contributed by atoms with Crippen molar-refractivity contribution in [3.63, 3.8) is 0 Å². The van der Waals surface area contributed by atoms with Crippen LogP contribution < -0.4 is 15.5 Å². The molecule has 0 radical (unpaired) electrons. The summed E-state index contributed by atoms with van der Waals surface area (Å²) in [5.41, 5.74) is 3.63. The minimum atomic E-state index is -0.640. The molecule has 1 unspecified atom stereocenters. The largest absolute Gasteiger partial charge is 0.371 e. The average Bonchev–Trinajstić information content (AvgIpc) is 2.74. The van der Waals surface area contributed by atoms with Gasteiger partial charge in [0.05, 0.1) is 0 Å². The Balaban J connectivity index is 1.58. The Labute approximate surface area is 179 Å². The summed E-state index contributed by atoms with van der Waals surface area (Å²) in [7, 11) is 0. The van der Waals surface area contributed by atoms with E-state index in [2.05, 4.69) is 42.4 Å². The lowest BCUT2D eigenvalue weighted by Crippen LogP contribution is -2.41. The van der Waals surface area contributed by atoms with Gasteiger partial charge in [0.2, 0.25) is 5.91 Å². The molecule has 5 heteroatoms. The zero-order chi connectivity index (χ0) is 21.7. The van der Waals surface area contributed by atoms with E-state index in [-0.39, 0.29) is 17.2 Å². The third-order valence-corrected chi connectivity index (χ3v) is 5.59. The molecule has 0 aliphatic carbocycles. The topological polar surface area (TPSA) is 61.4 Å². The molecular formula is C25H33N3O2. The summed E-state index contributed by atoms with van der Waals surface area (Å²) in [5, 5.41) is 5.72. The Morgan fingerprint density at radius 2 is 1.63 bits per heavy atom. The van der Waals surface area contributed by atoms with Gasteiger partial charge < -0.3 is 15.5 Å². The first-order valence-corrected chi connectivity index (χ1v) is 10.8. The highest BCUT2D eigenvalue weighted by Crippen LogP contribution is 2.24. The minimum absolute atomic E-state index is 0.0327. The summed E-state index contributed by atoms with van der Waals surface area (Å²) in [6.45, 7) is 10.2. The molecule has 1 heterocycles. The van der Waals surface area contributed by atoms with Crippen LogP contribution in [0.2, 0.25) is 0 Å². The number of piperidine rings is 1. The van der Waals surface area contributed by atoms with Crippen molar-refractivity contribution >= 4 is 23.2 Å². The van der Waals surface area contributed by atoms with E-state index in [4.69, 9.17) is 0 Å². The number of amides is 2. The summed E-state index contributed by atoms with van der Waals surface area (Å²) in [6.07, 6.45) is 3.69. The summed E-state index contributed by atoms with van der Waals surface area (Å²) >= 11 is 0. The molecule has 2 amide bonds. The van der Waals surface area contributed by atoms with Crippen LogP contribution in [0.15, 0.2) is 48.5 Å². The fraction of sp³-hybridized carbons (Fsp3) is 0.440. The molecule has 30 heavy (non-hydrogen) atoms. The van der Waals surface area contributed by atoms with Gasteiger partial charge in [0, 0.05) is 30.0 Å². The van der Waals surface area contributed by atoms with E-state index < -0.39 is 6.04 Å². The van der Waals surface area contributed by atoms with Gasteiger partial charge in [-0.3, -0.25) is 9.59 Å². The Kier molecular flexibility index (Phi) is 6.80. The monoisotopic (exact) mass is 407 g/mol. The number of hydrogen-bond donors (Lipinski definition) is 2. The molecule has 1 aliphatic heterocycles. The number of anilines is 2. The van der Waals surface area contributed by atoms with Crippen LogP contribution in [0.25, 0.3) is 0 Å². The maximum Gasteiger partial charge on any atom is 0.251 e. The first-order valence-electron chi connectivity index (χ1n) is 10.8. The molecule has 1 atom stereocenters. The van der Waals surface area contributed by atoms with Crippen LogP contribution in [-0.4, -0.2) is 30.9 Å². The maximum atomic E-state index is 12.6. The quantitative estimate of drug-likeness (QED) is 0.753. The molecule has 2 aromatic rings. The predicted octanol–water partition coefficient (Wildman–Crippen LogP) is 4.73. The first kappa shape index (κ1) is 21.9. The van der Waals surface area contributed by atoms with Gasteiger partial charge in [0.25, 0.3) is 5.91 Å². The lowest BCUT2D eigenvalue weighted by atomic mass is 9.86. The van der Waals surface area contributed by atoms with Crippen molar-refractivity contribution in [3.05, 3.63) is 59.7 Å². The molecule has 1 saturated heterocycles. The number of carbonyl (C=O) groups excluding carboxylic acids is 2. The molecule has 0 bridgehead atoms. The highest BCUT2D eigenvalue weighted by molar-refractivity contribution is 6.01. The SMILES string of the molecule is CC(NC(=O)c1ccc(C(C)(C)C)cc1)C(=O)Nc1cccc(N2CCCCC2)c1. The molecule has 160 valence electrons. The zero-order valence-corrected chi connectivity index (χ0v) is 18.5. The van der Waals surface area contributed by atoms with E-state index >= 15 is 0 Å². The van der Waals surface area contributed by atoms with E-state index in [0.29, 0.717) is 5.56 Å². The molecule has 2 aromatic carbocycles. The van der Waals surface area contributed by atoms with E-state index in [1.54, 1.807) is 6.92 Å². The fourth-order valence-electron chi connectivity index (χ4n) is 3.65. The number of carbonyl (C=O) groups is 2. The predicted molar refractivity (Wildman–Crippen MR) is 123 cm³/mol. The van der Waals surface area contributed by atoms with Gasteiger partial charge in [-0.1, -0.05) is 39.0 Å². The molecule has 5 nitrogen and oxygen atoms in total.